The summed E-state index contributed by atoms with van der Waals surface area (Å²) in [6.45, 7) is 2.25. The highest BCUT2D eigenvalue weighted by Gasteiger charge is 2.54. The number of nitrogens with one attached hydrogen (secondary N) is 1. The minimum Gasteiger partial charge on any atom is -0.302 e. The van der Waals surface area contributed by atoms with Crippen LogP contribution in [-0.4, -0.2) is 23.9 Å². The van der Waals surface area contributed by atoms with Gasteiger partial charge in [0.05, 0.1) is 29.5 Å². The minimum absolute atomic E-state index is 0.139. The van der Waals surface area contributed by atoms with Crippen molar-refractivity contribution in [3.63, 3.8) is 0 Å². The van der Waals surface area contributed by atoms with Gasteiger partial charge in [-0.2, -0.15) is 10.2 Å². The van der Waals surface area contributed by atoms with Crippen molar-refractivity contribution in [3.05, 3.63) is 54.6 Å². The smallest absolute Gasteiger partial charge is 0.251 e. The third-order valence-corrected chi connectivity index (χ3v) is 8.75. The largest absolute Gasteiger partial charge is 0.302 e. The standard InChI is InChI=1S/C28H32N4O2/c1-18(28-15-19-11-20(16-28)13-21(12-19)17-28)29-25-14-26(33)32(27(25)34)24-9-7-23(8-10-24)31-30-22-5-3-2-4-6-22/h2-10,18-21,25,29H,11-17H2,1H3. The van der Waals surface area contributed by atoms with Crippen LogP contribution >= 0.6 is 0 Å². The van der Waals surface area contributed by atoms with Gasteiger partial charge in [-0.15, -0.1) is 0 Å². The summed E-state index contributed by atoms with van der Waals surface area (Å²) >= 11 is 0. The lowest BCUT2D eigenvalue weighted by Gasteiger charge is -2.59. The number of carbonyl (C=O) groups is 2. The van der Waals surface area contributed by atoms with Gasteiger partial charge in [-0.25, -0.2) is 4.90 Å². The van der Waals surface area contributed by atoms with Crippen LogP contribution in [0.15, 0.2) is 64.8 Å². The van der Waals surface area contributed by atoms with Crippen molar-refractivity contribution in [2.45, 2.75) is 64.0 Å². The van der Waals surface area contributed by atoms with Crippen molar-refractivity contribution in [1.29, 1.82) is 0 Å². The first kappa shape index (κ1) is 21.7. The van der Waals surface area contributed by atoms with Gasteiger partial charge in [-0.1, -0.05) is 18.2 Å². The predicted octanol–water partition coefficient (Wildman–Crippen LogP) is 5.93. The van der Waals surface area contributed by atoms with E-state index in [2.05, 4.69) is 22.5 Å². The van der Waals surface area contributed by atoms with Gasteiger partial charge >= 0.3 is 0 Å². The molecule has 1 aliphatic heterocycles. The molecule has 1 heterocycles. The first-order valence-corrected chi connectivity index (χ1v) is 12.7. The Labute approximate surface area is 200 Å². The van der Waals surface area contributed by atoms with E-state index in [9.17, 15) is 9.59 Å². The summed E-state index contributed by atoms with van der Waals surface area (Å²) in [6, 6.07) is 16.5. The van der Waals surface area contributed by atoms with E-state index in [0.29, 0.717) is 16.8 Å². The zero-order valence-electron chi connectivity index (χ0n) is 19.7. The van der Waals surface area contributed by atoms with Gasteiger partial charge in [-0.3, -0.25) is 9.59 Å². The second-order valence-corrected chi connectivity index (χ2v) is 11.0. The zero-order chi connectivity index (χ0) is 23.3. The SMILES string of the molecule is CC(NC1CC(=O)N(c2ccc(N=Nc3ccccc3)cc2)C1=O)C12CC3CC(CC(C3)C1)C2. The Bertz CT molecular complexity index is 1080. The Hall–Kier alpha value is -2.86. The average Bonchev–Trinajstić information content (AvgIpc) is 3.10. The number of hydrogen-bond acceptors (Lipinski definition) is 5. The van der Waals surface area contributed by atoms with Gasteiger partial charge < -0.3 is 5.32 Å². The van der Waals surface area contributed by atoms with E-state index in [1.165, 1.54) is 43.4 Å². The fourth-order valence-corrected chi connectivity index (χ4v) is 7.50. The molecule has 4 aliphatic carbocycles. The quantitative estimate of drug-likeness (QED) is 0.432. The van der Waals surface area contributed by atoms with Crippen molar-refractivity contribution >= 4 is 28.9 Å². The summed E-state index contributed by atoms with van der Waals surface area (Å²) in [5.74, 6) is 2.32. The normalized spacial score (nSPS) is 33.3. The van der Waals surface area contributed by atoms with E-state index >= 15 is 0 Å². The average molecular weight is 457 g/mol. The number of imide groups is 1. The summed E-state index contributed by atoms with van der Waals surface area (Å²) in [7, 11) is 0. The molecule has 2 aromatic rings. The molecule has 1 saturated heterocycles. The molecule has 34 heavy (non-hydrogen) atoms. The summed E-state index contributed by atoms with van der Waals surface area (Å²) < 4.78 is 0. The van der Waals surface area contributed by atoms with Crippen LogP contribution in [0.3, 0.4) is 0 Å². The second-order valence-electron chi connectivity index (χ2n) is 11.0. The van der Waals surface area contributed by atoms with E-state index in [1.807, 2.05) is 30.3 Å². The lowest BCUT2D eigenvalue weighted by Crippen LogP contribution is -2.57. The van der Waals surface area contributed by atoms with Gasteiger partial charge in [0.15, 0.2) is 0 Å². The number of nitrogens with zero attached hydrogens (tertiary/aromatic N) is 3. The Balaban J connectivity index is 1.13. The van der Waals surface area contributed by atoms with Crippen molar-refractivity contribution in [1.82, 2.24) is 5.32 Å². The number of rotatable bonds is 6. The molecule has 2 atom stereocenters. The summed E-state index contributed by atoms with van der Waals surface area (Å²) in [4.78, 5) is 27.5. The van der Waals surface area contributed by atoms with Crippen LogP contribution in [0, 0.1) is 23.2 Å². The van der Waals surface area contributed by atoms with Gasteiger partial charge in [0, 0.05) is 6.04 Å². The van der Waals surface area contributed by atoms with Crippen LogP contribution in [0.2, 0.25) is 0 Å². The monoisotopic (exact) mass is 456 g/mol. The summed E-state index contributed by atoms with van der Waals surface area (Å²) in [5, 5.41) is 12.1. The molecule has 0 spiro atoms. The fraction of sp³-hybridized carbons (Fsp3) is 0.500. The molecule has 4 saturated carbocycles. The van der Waals surface area contributed by atoms with Crippen molar-refractivity contribution < 1.29 is 9.59 Å². The molecule has 2 unspecified atom stereocenters. The zero-order valence-corrected chi connectivity index (χ0v) is 19.7. The van der Waals surface area contributed by atoms with E-state index in [4.69, 9.17) is 0 Å². The topological polar surface area (TPSA) is 74.1 Å². The number of carbonyl (C=O) groups excluding carboxylic acids is 2. The molecule has 7 rings (SSSR count). The molecular weight excluding hydrogens is 424 g/mol. The maximum Gasteiger partial charge on any atom is 0.251 e. The number of anilines is 1. The molecule has 0 aromatic heterocycles. The van der Waals surface area contributed by atoms with Gasteiger partial charge in [-0.05, 0) is 105 Å². The summed E-state index contributed by atoms with van der Waals surface area (Å²) in [5.41, 5.74) is 2.35. The second kappa shape index (κ2) is 8.42. The van der Waals surface area contributed by atoms with E-state index in [-0.39, 0.29) is 24.3 Å². The van der Waals surface area contributed by atoms with Gasteiger partial charge in [0.25, 0.3) is 5.91 Å². The minimum atomic E-state index is -0.437. The fourth-order valence-electron chi connectivity index (χ4n) is 7.50. The number of benzene rings is 2. The highest BCUT2D eigenvalue weighted by molar-refractivity contribution is 6.22. The molecule has 1 N–H and O–H groups in total. The summed E-state index contributed by atoms with van der Waals surface area (Å²) in [6.07, 6.45) is 8.29. The number of amides is 2. The molecule has 2 aromatic carbocycles. The predicted molar refractivity (Wildman–Crippen MR) is 131 cm³/mol. The van der Waals surface area contributed by atoms with Crippen LogP contribution in [0.5, 0.6) is 0 Å². The van der Waals surface area contributed by atoms with Crippen LogP contribution < -0.4 is 10.2 Å². The molecule has 2 amide bonds. The Morgan fingerprint density at radius 2 is 1.41 bits per heavy atom. The Morgan fingerprint density at radius 3 is 2.00 bits per heavy atom. The Morgan fingerprint density at radius 1 is 0.853 bits per heavy atom. The van der Waals surface area contributed by atoms with Crippen LogP contribution in [0.1, 0.15) is 51.9 Å². The van der Waals surface area contributed by atoms with Crippen LogP contribution in [-0.2, 0) is 9.59 Å². The van der Waals surface area contributed by atoms with Crippen LogP contribution in [0.4, 0.5) is 17.1 Å². The number of hydrogen-bond donors (Lipinski definition) is 1. The van der Waals surface area contributed by atoms with Gasteiger partial charge in [0.1, 0.15) is 0 Å². The van der Waals surface area contributed by atoms with E-state index < -0.39 is 6.04 Å². The van der Waals surface area contributed by atoms with E-state index in [1.54, 1.807) is 24.3 Å². The molecule has 176 valence electrons. The van der Waals surface area contributed by atoms with Crippen LogP contribution in [0.25, 0.3) is 0 Å². The molecule has 5 fully saturated rings. The molecule has 4 bridgehead atoms. The molecule has 6 heteroatoms. The first-order chi connectivity index (χ1) is 16.5. The maximum absolute atomic E-state index is 13.3. The number of azo groups is 1. The lowest BCUT2D eigenvalue weighted by molar-refractivity contribution is -0.122. The third-order valence-electron chi connectivity index (χ3n) is 8.75. The Kier molecular flexibility index (Phi) is 5.36. The van der Waals surface area contributed by atoms with Crippen molar-refractivity contribution in [3.8, 4) is 0 Å². The maximum atomic E-state index is 13.3. The van der Waals surface area contributed by atoms with Crippen molar-refractivity contribution in [2.75, 3.05) is 4.90 Å². The molecule has 5 aliphatic rings. The first-order valence-electron chi connectivity index (χ1n) is 12.7. The molecular formula is C28H32N4O2. The van der Waals surface area contributed by atoms with E-state index in [0.717, 1.165) is 23.4 Å². The third kappa shape index (κ3) is 3.88. The highest BCUT2D eigenvalue weighted by atomic mass is 16.2. The lowest BCUT2D eigenvalue weighted by atomic mass is 9.48. The molecule has 6 nitrogen and oxygen atoms in total. The van der Waals surface area contributed by atoms with Crippen molar-refractivity contribution in [2.24, 2.45) is 33.4 Å². The molecule has 0 radical (unpaired) electrons. The highest BCUT2D eigenvalue weighted by Crippen LogP contribution is 2.61. The van der Waals surface area contributed by atoms with Gasteiger partial charge in [0.2, 0.25) is 5.91 Å².